The first-order chi connectivity index (χ1) is 13.0. The monoisotopic (exact) mass is 437 g/mol. The molecular formula is C21H25BrFNO3. The fraction of sp³-hybridized carbons (Fsp3) is 0.381. The minimum absolute atomic E-state index is 0.158. The predicted molar refractivity (Wildman–Crippen MR) is 108 cm³/mol. The van der Waals surface area contributed by atoms with E-state index in [-0.39, 0.29) is 11.7 Å². The number of hydrogen-bond acceptors (Lipinski definition) is 3. The summed E-state index contributed by atoms with van der Waals surface area (Å²) in [5.41, 5.74) is 1.56. The van der Waals surface area contributed by atoms with Crippen LogP contribution in [0.3, 0.4) is 0 Å². The molecule has 1 unspecified atom stereocenters. The largest absolute Gasteiger partial charge is 0.490 e. The quantitative estimate of drug-likeness (QED) is 0.564. The fourth-order valence-corrected chi connectivity index (χ4v) is 3.15. The Kier molecular flexibility index (Phi) is 8.58. The number of benzene rings is 2. The molecule has 0 aliphatic heterocycles. The van der Waals surface area contributed by atoms with E-state index >= 15 is 0 Å². The molecule has 1 amide bonds. The highest BCUT2D eigenvalue weighted by atomic mass is 79.9. The standard InChI is InChI=1S/C21H25BrFNO3/c1-3-26-19-10-9-15(13-20(19)27-4-2)11-12-24-21(25)17(22)14-16-7-5-6-8-18(16)23/h5-10,13,17H,3-4,11-12,14H2,1-2H3,(H,24,25). The van der Waals surface area contributed by atoms with Crippen molar-refractivity contribution >= 4 is 21.8 Å². The zero-order valence-electron chi connectivity index (χ0n) is 15.6. The van der Waals surface area contributed by atoms with Gasteiger partial charge < -0.3 is 14.8 Å². The summed E-state index contributed by atoms with van der Waals surface area (Å²) >= 11 is 3.34. The van der Waals surface area contributed by atoms with Crippen molar-refractivity contribution in [3.05, 3.63) is 59.4 Å². The van der Waals surface area contributed by atoms with E-state index in [2.05, 4.69) is 21.2 Å². The number of rotatable bonds is 10. The van der Waals surface area contributed by atoms with Crippen LogP contribution in [0.5, 0.6) is 11.5 Å². The summed E-state index contributed by atoms with van der Waals surface area (Å²) in [4.78, 5) is 11.8. The summed E-state index contributed by atoms with van der Waals surface area (Å²) in [6.45, 7) is 5.47. The molecule has 0 aliphatic carbocycles. The van der Waals surface area contributed by atoms with Gasteiger partial charge in [0, 0.05) is 6.54 Å². The van der Waals surface area contributed by atoms with Crippen LogP contribution in [-0.4, -0.2) is 30.5 Å². The number of halogens is 2. The molecular weight excluding hydrogens is 413 g/mol. The Hall–Kier alpha value is -2.08. The normalized spacial score (nSPS) is 11.7. The SMILES string of the molecule is CCOc1ccc(CCNC(=O)C(Br)Cc2ccccc2F)cc1OCC. The van der Waals surface area contributed by atoms with Crippen LogP contribution in [0.2, 0.25) is 0 Å². The maximum absolute atomic E-state index is 13.7. The predicted octanol–water partition coefficient (Wildman–Crippen LogP) is 4.29. The zero-order chi connectivity index (χ0) is 19.6. The lowest BCUT2D eigenvalue weighted by Gasteiger charge is -2.14. The maximum atomic E-state index is 13.7. The van der Waals surface area contributed by atoms with Gasteiger partial charge in [-0.05, 0) is 56.0 Å². The Balaban J connectivity index is 1.87. The molecule has 0 saturated heterocycles. The summed E-state index contributed by atoms with van der Waals surface area (Å²) in [5.74, 6) is 0.973. The third-order valence-electron chi connectivity index (χ3n) is 3.96. The van der Waals surface area contributed by atoms with Gasteiger partial charge in [0.25, 0.3) is 0 Å². The lowest BCUT2D eigenvalue weighted by atomic mass is 10.1. The van der Waals surface area contributed by atoms with Crippen molar-refractivity contribution in [3.8, 4) is 11.5 Å². The molecule has 6 heteroatoms. The van der Waals surface area contributed by atoms with Gasteiger partial charge in [-0.1, -0.05) is 40.2 Å². The highest BCUT2D eigenvalue weighted by Crippen LogP contribution is 2.28. The van der Waals surface area contributed by atoms with E-state index < -0.39 is 4.83 Å². The number of carbonyl (C=O) groups excluding carboxylic acids is 1. The molecule has 0 heterocycles. The van der Waals surface area contributed by atoms with Gasteiger partial charge in [-0.15, -0.1) is 0 Å². The molecule has 0 aliphatic rings. The lowest BCUT2D eigenvalue weighted by molar-refractivity contribution is -0.120. The number of amides is 1. The van der Waals surface area contributed by atoms with Crippen molar-refractivity contribution < 1.29 is 18.7 Å². The number of ether oxygens (including phenoxy) is 2. The molecule has 1 atom stereocenters. The number of carbonyl (C=O) groups is 1. The molecule has 0 radical (unpaired) electrons. The van der Waals surface area contributed by atoms with Crippen LogP contribution in [0.15, 0.2) is 42.5 Å². The highest BCUT2D eigenvalue weighted by molar-refractivity contribution is 9.10. The smallest absolute Gasteiger partial charge is 0.234 e. The zero-order valence-corrected chi connectivity index (χ0v) is 17.2. The fourth-order valence-electron chi connectivity index (χ4n) is 2.64. The van der Waals surface area contributed by atoms with E-state index in [4.69, 9.17) is 9.47 Å². The molecule has 2 rings (SSSR count). The molecule has 0 fully saturated rings. The van der Waals surface area contributed by atoms with Gasteiger partial charge in [-0.2, -0.15) is 0 Å². The minimum Gasteiger partial charge on any atom is -0.490 e. The van der Waals surface area contributed by atoms with E-state index in [0.29, 0.717) is 43.9 Å². The van der Waals surface area contributed by atoms with Crippen LogP contribution in [-0.2, 0) is 17.6 Å². The molecule has 0 bridgehead atoms. The van der Waals surface area contributed by atoms with Crippen molar-refractivity contribution in [2.24, 2.45) is 0 Å². The molecule has 2 aromatic rings. The van der Waals surface area contributed by atoms with Crippen molar-refractivity contribution in [2.75, 3.05) is 19.8 Å². The number of nitrogens with one attached hydrogen (secondary N) is 1. The molecule has 2 aromatic carbocycles. The third-order valence-corrected chi connectivity index (χ3v) is 4.70. The maximum Gasteiger partial charge on any atom is 0.234 e. The first-order valence-corrected chi connectivity index (χ1v) is 10.00. The molecule has 1 N–H and O–H groups in total. The van der Waals surface area contributed by atoms with Gasteiger partial charge in [0.15, 0.2) is 11.5 Å². The Morgan fingerprint density at radius 2 is 1.81 bits per heavy atom. The van der Waals surface area contributed by atoms with E-state index in [1.807, 2.05) is 32.0 Å². The van der Waals surface area contributed by atoms with Gasteiger partial charge in [0.05, 0.1) is 18.0 Å². The summed E-state index contributed by atoms with van der Waals surface area (Å²) in [7, 11) is 0. The van der Waals surface area contributed by atoms with Crippen LogP contribution in [0.1, 0.15) is 25.0 Å². The van der Waals surface area contributed by atoms with Gasteiger partial charge >= 0.3 is 0 Å². The highest BCUT2D eigenvalue weighted by Gasteiger charge is 2.17. The summed E-state index contributed by atoms with van der Waals surface area (Å²) in [6.07, 6.45) is 0.966. The molecule has 0 aromatic heterocycles. The van der Waals surface area contributed by atoms with E-state index in [1.54, 1.807) is 18.2 Å². The number of hydrogen-bond donors (Lipinski definition) is 1. The van der Waals surface area contributed by atoms with Gasteiger partial charge in [0.1, 0.15) is 5.82 Å². The Labute approximate surface area is 168 Å². The van der Waals surface area contributed by atoms with Crippen LogP contribution < -0.4 is 14.8 Å². The van der Waals surface area contributed by atoms with Crippen molar-refractivity contribution in [1.29, 1.82) is 0 Å². The molecule has 0 spiro atoms. The van der Waals surface area contributed by atoms with Crippen LogP contribution in [0.25, 0.3) is 0 Å². The topological polar surface area (TPSA) is 47.6 Å². The van der Waals surface area contributed by atoms with Crippen molar-refractivity contribution in [1.82, 2.24) is 5.32 Å². The summed E-state index contributed by atoms with van der Waals surface area (Å²) < 4.78 is 24.9. The van der Waals surface area contributed by atoms with Gasteiger partial charge in [-0.25, -0.2) is 4.39 Å². The van der Waals surface area contributed by atoms with Crippen LogP contribution in [0.4, 0.5) is 4.39 Å². The average Bonchev–Trinajstić information content (AvgIpc) is 2.66. The molecule has 4 nitrogen and oxygen atoms in total. The Morgan fingerprint density at radius 1 is 1.11 bits per heavy atom. The summed E-state index contributed by atoms with van der Waals surface area (Å²) in [5, 5.41) is 2.88. The molecule has 146 valence electrons. The van der Waals surface area contributed by atoms with Gasteiger partial charge in [0.2, 0.25) is 5.91 Å². The Bertz CT molecular complexity index is 754. The van der Waals surface area contributed by atoms with E-state index in [1.165, 1.54) is 6.07 Å². The van der Waals surface area contributed by atoms with E-state index in [9.17, 15) is 9.18 Å². The second-order valence-corrected chi connectivity index (χ2v) is 7.06. The molecule has 27 heavy (non-hydrogen) atoms. The first-order valence-electron chi connectivity index (χ1n) is 9.08. The second kappa shape index (κ2) is 10.9. The third kappa shape index (κ3) is 6.54. The minimum atomic E-state index is -0.478. The van der Waals surface area contributed by atoms with Gasteiger partial charge in [-0.3, -0.25) is 4.79 Å². The average molecular weight is 438 g/mol. The summed E-state index contributed by atoms with van der Waals surface area (Å²) in [6, 6.07) is 12.3. The van der Waals surface area contributed by atoms with Crippen LogP contribution in [0, 0.1) is 5.82 Å². The lowest BCUT2D eigenvalue weighted by Crippen LogP contribution is -2.33. The first kappa shape index (κ1) is 21.2. The van der Waals surface area contributed by atoms with Crippen molar-refractivity contribution in [2.45, 2.75) is 31.5 Å². The van der Waals surface area contributed by atoms with E-state index in [0.717, 1.165) is 11.3 Å². The molecule has 0 saturated carbocycles. The number of alkyl halides is 1. The second-order valence-electron chi connectivity index (χ2n) is 5.95. The van der Waals surface area contributed by atoms with Crippen LogP contribution >= 0.6 is 15.9 Å². The Morgan fingerprint density at radius 3 is 2.52 bits per heavy atom. The van der Waals surface area contributed by atoms with Crippen molar-refractivity contribution in [3.63, 3.8) is 0 Å².